The van der Waals surface area contributed by atoms with Gasteiger partial charge >= 0.3 is 6.61 Å². The molecule has 2 saturated carbocycles. The molecule has 0 radical (unpaired) electrons. The molecule has 6 rings (SSSR count). The molecule has 2 aliphatic rings. The molecule has 15 heteroatoms. The topological polar surface area (TPSA) is 103 Å². The van der Waals surface area contributed by atoms with Crippen LogP contribution in [0.2, 0.25) is 0 Å². The summed E-state index contributed by atoms with van der Waals surface area (Å²) in [4.78, 5) is 12.9. The smallest absolute Gasteiger partial charge is 0.387 e. The lowest BCUT2D eigenvalue weighted by Crippen LogP contribution is -2.31. The van der Waals surface area contributed by atoms with Crippen LogP contribution >= 0.6 is 0 Å². The summed E-state index contributed by atoms with van der Waals surface area (Å²) >= 11 is 0. The van der Waals surface area contributed by atoms with Crippen molar-refractivity contribution in [3.05, 3.63) is 47.8 Å². The van der Waals surface area contributed by atoms with E-state index < -0.39 is 48.6 Å². The molecule has 0 unspecified atom stereocenters. The zero-order chi connectivity index (χ0) is 31.5. The summed E-state index contributed by atoms with van der Waals surface area (Å²) < 4.78 is 95.8. The molecule has 2 heterocycles. The fraction of sp³-hybridized carbons (Fsp3) is 0.414. The Hall–Kier alpha value is -4.27. The fourth-order valence-corrected chi connectivity index (χ4v) is 5.66. The number of rotatable bonds is 10. The van der Waals surface area contributed by atoms with Crippen LogP contribution in [0.25, 0.3) is 33.3 Å². The predicted octanol–water partition coefficient (Wildman–Crippen LogP) is 5.56. The Bertz CT molecular complexity index is 1730. The van der Waals surface area contributed by atoms with E-state index in [9.17, 15) is 36.2 Å². The predicted molar refractivity (Wildman–Crippen MR) is 145 cm³/mol. The first-order valence-corrected chi connectivity index (χ1v) is 13.7. The Morgan fingerprint density at radius 3 is 2.43 bits per heavy atom. The van der Waals surface area contributed by atoms with Crippen LogP contribution in [0.5, 0.6) is 11.5 Å². The second kappa shape index (κ2) is 11.0. The highest BCUT2D eigenvalue weighted by molar-refractivity contribution is 6.03. The Balaban J connectivity index is 1.42. The minimum absolute atomic E-state index is 0.0296. The highest BCUT2D eigenvalue weighted by Gasteiger charge is 2.58. The van der Waals surface area contributed by atoms with Crippen molar-refractivity contribution in [2.75, 3.05) is 7.11 Å². The van der Waals surface area contributed by atoms with Crippen molar-refractivity contribution in [3.8, 4) is 33.9 Å². The Morgan fingerprint density at radius 1 is 1.11 bits per heavy atom. The normalized spacial score (nSPS) is 20.7. The molecule has 0 saturated heterocycles. The number of benzene rings is 2. The number of aliphatic hydroxyl groups is 1. The van der Waals surface area contributed by atoms with Crippen LogP contribution in [-0.4, -0.2) is 62.4 Å². The van der Waals surface area contributed by atoms with Crippen molar-refractivity contribution in [2.45, 2.75) is 56.9 Å². The number of carbonyl (C=O) groups excluding carboxylic acids is 1. The number of halogens is 6. The molecule has 2 aromatic carbocycles. The Kier molecular flexibility index (Phi) is 7.46. The van der Waals surface area contributed by atoms with Crippen molar-refractivity contribution in [3.63, 3.8) is 0 Å². The van der Waals surface area contributed by atoms with Crippen molar-refractivity contribution >= 4 is 16.8 Å². The molecule has 0 spiro atoms. The number of aromatic nitrogens is 4. The van der Waals surface area contributed by atoms with Crippen molar-refractivity contribution in [1.82, 2.24) is 24.9 Å². The summed E-state index contributed by atoms with van der Waals surface area (Å²) in [5.41, 5.74) is 0.407. The summed E-state index contributed by atoms with van der Waals surface area (Å²) in [7, 11) is 2.62. The first-order valence-electron chi connectivity index (χ1n) is 13.7. The van der Waals surface area contributed by atoms with Gasteiger partial charge in [0.05, 0.1) is 36.7 Å². The summed E-state index contributed by atoms with van der Waals surface area (Å²) in [6.45, 7) is -2.82. The molecule has 0 aliphatic heterocycles. The first-order chi connectivity index (χ1) is 20.8. The van der Waals surface area contributed by atoms with E-state index in [0.29, 0.717) is 30.5 Å². The maximum atomic E-state index is 14.6. The van der Waals surface area contributed by atoms with E-state index in [-0.39, 0.29) is 45.5 Å². The molecule has 2 N–H and O–H groups in total. The standard InChI is InChI=1S/C29H27F6N5O4/c1-39-25(15-7-20(43-2)24(21(8-15)44-28(32)33)27(42)37-22-9-29(22,34)35)23-18(26(30)31)5-14(6-19(23)38-39)16-10-36-40(12-16)11-13-3-17(41)4-13/h5-8,10,12-13,17,22,26,28,41H,3-4,9,11H2,1-2H3,(H,37,42)/t13-,17+,22-/m1/s1. The quantitative estimate of drug-likeness (QED) is 0.224. The maximum absolute atomic E-state index is 14.6. The summed E-state index contributed by atoms with van der Waals surface area (Å²) in [5.74, 6) is -4.95. The third-order valence-electron chi connectivity index (χ3n) is 7.96. The van der Waals surface area contributed by atoms with Gasteiger partial charge in [0.2, 0.25) is 0 Å². The Labute approximate surface area is 246 Å². The number of carbonyl (C=O) groups is 1. The van der Waals surface area contributed by atoms with Crippen LogP contribution in [0, 0.1) is 5.92 Å². The maximum Gasteiger partial charge on any atom is 0.387 e. The minimum Gasteiger partial charge on any atom is -0.496 e. The van der Waals surface area contributed by atoms with Gasteiger partial charge in [0.25, 0.3) is 18.3 Å². The zero-order valence-corrected chi connectivity index (χ0v) is 23.4. The van der Waals surface area contributed by atoms with Crippen molar-refractivity contribution < 1.29 is 45.7 Å². The largest absolute Gasteiger partial charge is 0.496 e. The number of nitrogens with zero attached hydrogens (tertiary/aromatic N) is 4. The summed E-state index contributed by atoms with van der Waals surface area (Å²) in [6.07, 6.45) is 0.743. The van der Waals surface area contributed by atoms with Crippen molar-refractivity contribution in [1.29, 1.82) is 0 Å². The average molecular weight is 624 g/mol. The van der Waals surface area contributed by atoms with Gasteiger partial charge in [0.1, 0.15) is 17.1 Å². The van der Waals surface area contributed by atoms with E-state index >= 15 is 0 Å². The molecule has 9 nitrogen and oxygen atoms in total. The Morgan fingerprint density at radius 2 is 1.82 bits per heavy atom. The highest BCUT2D eigenvalue weighted by Crippen LogP contribution is 2.44. The number of alkyl halides is 6. The molecular weight excluding hydrogens is 596 g/mol. The molecule has 2 aromatic heterocycles. The van der Waals surface area contributed by atoms with Crippen LogP contribution in [0.3, 0.4) is 0 Å². The molecule has 2 fully saturated rings. The lowest BCUT2D eigenvalue weighted by atomic mass is 9.82. The van der Waals surface area contributed by atoms with E-state index in [2.05, 4.69) is 20.3 Å². The van der Waals surface area contributed by atoms with E-state index in [0.717, 1.165) is 13.2 Å². The summed E-state index contributed by atoms with van der Waals surface area (Å²) in [6, 6.07) is 3.72. The van der Waals surface area contributed by atoms with Gasteiger partial charge < -0.3 is 19.9 Å². The van der Waals surface area contributed by atoms with Gasteiger partial charge in [0, 0.05) is 48.3 Å². The number of hydrogen-bond donors (Lipinski definition) is 2. The monoisotopic (exact) mass is 623 g/mol. The molecule has 0 bridgehead atoms. The van der Waals surface area contributed by atoms with Gasteiger partial charge in [0.15, 0.2) is 0 Å². The minimum atomic E-state index is -3.40. The van der Waals surface area contributed by atoms with Crippen LogP contribution in [0.4, 0.5) is 26.3 Å². The molecular formula is C29H27F6N5O4. The third kappa shape index (κ3) is 5.55. The van der Waals surface area contributed by atoms with Gasteiger partial charge in [-0.2, -0.15) is 19.0 Å². The number of hydrogen-bond acceptors (Lipinski definition) is 6. The number of nitrogens with one attached hydrogen (secondary N) is 1. The number of ether oxygens (including phenoxy) is 2. The van der Waals surface area contributed by atoms with Gasteiger partial charge in [-0.25, -0.2) is 17.6 Å². The lowest BCUT2D eigenvalue weighted by molar-refractivity contribution is -0.0502. The summed E-state index contributed by atoms with van der Waals surface area (Å²) in [5, 5.41) is 20.4. The van der Waals surface area contributed by atoms with Crippen molar-refractivity contribution in [2.24, 2.45) is 13.0 Å². The first kappa shape index (κ1) is 29.8. The fourth-order valence-electron chi connectivity index (χ4n) is 5.66. The number of methoxy groups -OCH3 is 1. The molecule has 4 aromatic rings. The van der Waals surface area contributed by atoms with E-state index in [1.54, 1.807) is 23.1 Å². The van der Waals surface area contributed by atoms with Gasteiger partial charge in [-0.05, 0) is 48.6 Å². The lowest BCUT2D eigenvalue weighted by Gasteiger charge is -2.31. The second-order valence-corrected chi connectivity index (χ2v) is 11.1. The van der Waals surface area contributed by atoms with E-state index in [1.807, 2.05) is 0 Å². The van der Waals surface area contributed by atoms with Gasteiger partial charge in [-0.15, -0.1) is 0 Å². The molecule has 1 atom stereocenters. The van der Waals surface area contributed by atoms with E-state index in [4.69, 9.17) is 4.74 Å². The van der Waals surface area contributed by atoms with Crippen LogP contribution in [0.15, 0.2) is 36.7 Å². The molecule has 44 heavy (non-hydrogen) atoms. The zero-order valence-electron chi connectivity index (χ0n) is 23.4. The van der Waals surface area contributed by atoms with Gasteiger partial charge in [-0.1, -0.05) is 0 Å². The second-order valence-electron chi connectivity index (χ2n) is 11.1. The average Bonchev–Trinajstić information content (AvgIpc) is 3.24. The van der Waals surface area contributed by atoms with Crippen LogP contribution < -0.4 is 14.8 Å². The number of fused-ring (bicyclic) bond motifs is 1. The third-order valence-corrected chi connectivity index (χ3v) is 7.96. The van der Waals surface area contributed by atoms with Crippen LogP contribution in [-0.2, 0) is 13.6 Å². The van der Waals surface area contributed by atoms with Gasteiger partial charge in [-0.3, -0.25) is 14.2 Å². The number of aryl methyl sites for hydroxylation is 1. The molecule has 2 aliphatic carbocycles. The number of amides is 1. The SMILES string of the molecule is COc1cc(-c2c3c(C(F)F)cc(-c4cnn(C[C@H]5C[C@@H](O)C5)c4)cc3nn2C)cc(OC(F)F)c1C(=O)N[C@@H]1CC1(F)F. The van der Waals surface area contributed by atoms with Crippen LogP contribution in [0.1, 0.15) is 41.6 Å². The number of aliphatic hydroxyl groups excluding tert-OH is 1. The molecule has 1 amide bonds. The highest BCUT2D eigenvalue weighted by atomic mass is 19.3. The molecule has 234 valence electrons. The van der Waals surface area contributed by atoms with E-state index in [1.165, 1.54) is 23.9 Å².